The molecule has 18 heavy (non-hydrogen) atoms. The van der Waals surface area contributed by atoms with E-state index in [2.05, 4.69) is 15.5 Å². The summed E-state index contributed by atoms with van der Waals surface area (Å²) in [7, 11) is 0. The van der Waals surface area contributed by atoms with Gasteiger partial charge in [0.25, 0.3) is 5.91 Å². The third-order valence-electron chi connectivity index (χ3n) is 3.14. The standard InChI is InChI=1S/C11H14N4O3/c1-11(10(17)18,6-2-3-6)13-8-5-4-7(9(12)16)14-15-8/h4-6H,2-3H2,1H3,(H2,12,16)(H,13,15)(H,17,18). The number of hydrogen-bond donors (Lipinski definition) is 3. The SMILES string of the molecule is CC(Nc1ccc(C(N)=O)nn1)(C(=O)O)C1CC1. The molecular weight excluding hydrogens is 236 g/mol. The van der Waals surface area contributed by atoms with Crippen molar-refractivity contribution < 1.29 is 14.7 Å². The number of amides is 1. The molecule has 1 aromatic rings. The van der Waals surface area contributed by atoms with Crippen LogP contribution in [-0.2, 0) is 4.79 Å². The number of aromatic nitrogens is 2. The van der Waals surface area contributed by atoms with Gasteiger partial charge in [-0.25, -0.2) is 4.79 Å². The predicted molar refractivity (Wildman–Crippen MR) is 62.9 cm³/mol. The van der Waals surface area contributed by atoms with Crippen LogP contribution < -0.4 is 11.1 Å². The maximum atomic E-state index is 11.3. The number of carboxylic acid groups (broad SMARTS) is 1. The summed E-state index contributed by atoms with van der Waals surface area (Å²) in [5.74, 6) is -1.19. The number of carbonyl (C=O) groups excluding carboxylic acids is 1. The van der Waals surface area contributed by atoms with Gasteiger partial charge in [-0.1, -0.05) is 0 Å². The van der Waals surface area contributed by atoms with Crippen molar-refractivity contribution in [2.24, 2.45) is 11.7 Å². The van der Waals surface area contributed by atoms with Gasteiger partial charge in [-0.15, -0.1) is 10.2 Å². The molecule has 1 fully saturated rings. The second kappa shape index (κ2) is 4.25. The van der Waals surface area contributed by atoms with Gasteiger partial charge in [0, 0.05) is 0 Å². The van der Waals surface area contributed by atoms with E-state index in [1.54, 1.807) is 6.92 Å². The Morgan fingerprint density at radius 2 is 2.11 bits per heavy atom. The van der Waals surface area contributed by atoms with Gasteiger partial charge in [-0.3, -0.25) is 4.79 Å². The first-order valence-corrected chi connectivity index (χ1v) is 5.58. The van der Waals surface area contributed by atoms with Gasteiger partial charge in [0.1, 0.15) is 11.4 Å². The summed E-state index contributed by atoms with van der Waals surface area (Å²) in [5, 5.41) is 19.5. The van der Waals surface area contributed by atoms with Crippen LogP contribution >= 0.6 is 0 Å². The van der Waals surface area contributed by atoms with Crippen LogP contribution in [0, 0.1) is 5.92 Å². The average molecular weight is 250 g/mol. The molecule has 0 aromatic carbocycles. The number of hydrogen-bond acceptors (Lipinski definition) is 5. The molecule has 1 aliphatic carbocycles. The number of nitrogens with two attached hydrogens (primary N) is 1. The molecule has 7 heteroatoms. The van der Waals surface area contributed by atoms with E-state index in [-0.39, 0.29) is 11.6 Å². The van der Waals surface area contributed by atoms with Gasteiger partial charge in [0.15, 0.2) is 5.69 Å². The predicted octanol–water partition coefficient (Wildman–Crippen LogP) is 0.241. The monoisotopic (exact) mass is 250 g/mol. The molecular formula is C11H14N4O3. The fourth-order valence-electron chi connectivity index (χ4n) is 1.79. The van der Waals surface area contributed by atoms with Crippen LogP contribution in [0.25, 0.3) is 0 Å². The van der Waals surface area contributed by atoms with Crippen molar-refractivity contribution in [3.8, 4) is 0 Å². The minimum Gasteiger partial charge on any atom is -0.480 e. The molecule has 4 N–H and O–H groups in total. The summed E-state index contributed by atoms with van der Waals surface area (Å²) >= 11 is 0. The molecule has 0 radical (unpaired) electrons. The minimum atomic E-state index is -1.05. The van der Waals surface area contributed by atoms with E-state index in [4.69, 9.17) is 5.73 Å². The molecule has 0 spiro atoms. The molecule has 1 heterocycles. The number of aliphatic carboxylic acids is 1. The van der Waals surface area contributed by atoms with Crippen LogP contribution in [0.2, 0.25) is 0 Å². The molecule has 2 rings (SSSR count). The molecule has 0 saturated heterocycles. The highest BCUT2D eigenvalue weighted by Gasteiger charge is 2.47. The number of nitrogens with one attached hydrogen (secondary N) is 1. The first-order chi connectivity index (χ1) is 8.43. The van der Waals surface area contributed by atoms with Crippen molar-refractivity contribution in [3.05, 3.63) is 17.8 Å². The fourth-order valence-corrected chi connectivity index (χ4v) is 1.79. The first kappa shape index (κ1) is 12.3. The van der Waals surface area contributed by atoms with Crippen LogP contribution in [0.4, 0.5) is 5.82 Å². The highest BCUT2D eigenvalue weighted by atomic mass is 16.4. The van der Waals surface area contributed by atoms with Crippen molar-refractivity contribution in [1.82, 2.24) is 10.2 Å². The van der Waals surface area contributed by atoms with E-state index < -0.39 is 17.4 Å². The summed E-state index contributed by atoms with van der Waals surface area (Å²) in [4.78, 5) is 22.1. The fraction of sp³-hybridized carbons (Fsp3) is 0.455. The zero-order chi connectivity index (χ0) is 13.3. The molecule has 1 aliphatic rings. The Kier molecular flexibility index (Phi) is 2.90. The van der Waals surface area contributed by atoms with Crippen molar-refractivity contribution >= 4 is 17.7 Å². The van der Waals surface area contributed by atoms with E-state index >= 15 is 0 Å². The second-order valence-corrected chi connectivity index (χ2v) is 4.57. The lowest BCUT2D eigenvalue weighted by Crippen LogP contribution is -2.45. The maximum absolute atomic E-state index is 11.3. The van der Waals surface area contributed by atoms with E-state index in [9.17, 15) is 14.7 Å². The Bertz CT molecular complexity index is 484. The average Bonchev–Trinajstić information content (AvgIpc) is 3.13. The van der Waals surface area contributed by atoms with Crippen LogP contribution in [0.1, 0.15) is 30.3 Å². The van der Waals surface area contributed by atoms with Crippen LogP contribution in [0.5, 0.6) is 0 Å². The number of nitrogens with zero attached hydrogens (tertiary/aromatic N) is 2. The summed E-state index contributed by atoms with van der Waals surface area (Å²) in [6, 6.07) is 2.91. The van der Waals surface area contributed by atoms with E-state index in [1.807, 2.05) is 0 Å². The Morgan fingerprint density at radius 3 is 2.50 bits per heavy atom. The Morgan fingerprint density at radius 1 is 1.44 bits per heavy atom. The molecule has 0 aliphatic heterocycles. The Balaban J connectivity index is 2.17. The highest BCUT2D eigenvalue weighted by molar-refractivity contribution is 5.90. The van der Waals surface area contributed by atoms with E-state index in [0.717, 1.165) is 12.8 Å². The topological polar surface area (TPSA) is 118 Å². The van der Waals surface area contributed by atoms with Crippen molar-refractivity contribution in [3.63, 3.8) is 0 Å². The molecule has 1 unspecified atom stereocenters. The van der Waals surface area contributed by atoms with Crippen LogP contribution in [0.3, 0.4) is 0 Å². The van der Waals surface area contributed by atoms with Gasteiger partial charge in [-0.05, 0) is 37.8 Å². The molecule has 1 saturated carbocycles. The van der Waals surface area contributed by atoms with Crippen LogP contribution in [0.15, 0.2) is 12.1 Å². The molecule has 1 atom stereocenters. The number of rotatable bonds is 5. The number of carboxylic acids is 1. The number of primary amides is 1. The van der Waals surface area contributed by atoms with Gasteiger partial charge >= 0.3 is 5.97 Å². The van der Waals surface area contributed by atoms with Crippen molar-refractivity contribution in [2.75, 3.05) is 5.32 Å². The van der Waals surface area contributed by atoms with E-state index in [0.29, 0.717) is 5.82 Å². The summed E-state index contributed by atoms with van der Waals surface area (Å²) < 4.78 is 0. The molecule has 7 nitrogen and oxygen atoms in total. The number of anilines is 1. The van der Waals surface area contributed by atoms with Gasteiger partial charge in [-0.2, -0.15) is 0 Å². The lowest BCUT2D eigenvalue weighted by atomic mass is 9.96. The highest BCUT2D eigenvalue weighted by Crippen LogP contribution is 2.41. The van der Waals surface area contributed by atoms with Crippen LogP contribution in [-0.4, -0.2) is 32.7 Å². The smallest absolute Gasteiger partial charge is 0.329 e. The minimum absolute atomic E-state index is 0.0454. The van der Waals surface area contributed by atoms with Gasteiger partial charge in [0.2, 0.25) is 0 Å². The summed E-state index contributed by atoms with van der Waals surface area (Å²) in [6.07, 6.45) is 1.76. The lowest BCUT2D eigenvalue weighted by molar-refractivity contribution is -0.142. The molecule has 96 valence electrons. The van der Waals surface area contributed by atoms with E-state index in [1.165, 1.54) is 12.1 Å². The zero-order valence-corrected chi connectivity index (χ0v) is 9.88. The van der Waals surface area contributed by atoms with Gasteiger partial charge in [0.05, 0.1) is 0 Å². The van der Waals surface area contributed by atoms with Crippen molar-refractivity contribution in [1.29, 1.82) is 0 Å². The third kappa shape index (κ3) is 2.24. The maximum Gasteiger partial charge on any atom is 0.329 e. The Hall–Kier alpha value is -2.18. The number of carbonyl (C=O) groups is 2. The quantitative estimate of drug-likeness (QED) is 0.688. The largest absolute Gasteiger partial charge is 0.480 e. The third-order valence-corrected chi connectivity index (χ3v) is 3.14. The van der Waals surface area contributed by atoms with Crippen molar-refractivity contribution in [2.45, 2.75) is 25.3 Å². The molecule has 1 amide bonds. The zero-order valence-electron chi connectivity index (χ0n) is 9.88. The Labute approximate surface area is 103 Å². The van der Waals surface area contributed by atoms with Gasteiger partial charge < -0.3 is 16.2 Å². The summed E-state index contributed by atoms with van der Waals surface area (Å²) in [5.41, 5.74) is 4.03. The molecule has 0 bridgehead atoms. The first-order valence-electron chi connectivity index (χ1n) is 5.58. The molecule has 1 aromatic heterocycles. The second-order valence-electron chi connectivity index (χ2n) is 4.57. The normalized spacial score (nSPS) is 17.8. The lowest BCUT2D eigenvalue weighted by Gasteiger charge is -2.26. The summed E-state index contributed by atoms with van der Waals surface area (Å²) in [6.45, 7) is 1.62.